The first-order valence-electron chi connectivity index (χ1n) is 6.00. The Morgan fingerprint density at radius 1 is 1.14 bits per heavy atom. The normalized spacial score (nSPS) is 13.5. The number of hydrogen-bond acceptors (Lipinski definition) is 5. The second kappa shape index (κ2) is 5.02. The maximum absolute atomic E-state index is 13.8. The average Bonchev–Trinajstić information content (AvgIpc) is 2.94. The van der Waals surface area contributed by atoms with Gasteiger partial charge in [0.05, 0.1) is 11.4 Å². The SMILES string of the molecule is OC(c1cccc(-c2cc(F)c3nonc3c2)n1)C(F)(F)F. The number of pyridine rings is 1. The van der Waals surface area contributed by atoms with E-state index in [0.717, 1.165) is 12.1 Å². The van der Waals surface area contributed by atoms with Gasteiger partial charge in [-0.25, -0.2) is 14.0 Å². The van der Waals surface area contributed by atoms with E-state index in [1.807, 2.05) is 0 Å². The van der Waals surface area contributed by atoms with Crippen LogP contribution in [0.4, 0.5) is 17.6 Å². The van der Waals surface area contributed by atoms with Crippen molar-refractivity contribution in [3.05, 3.63) is 41.8 Å². The molecule has 1 aromatic carbocycles. The molecule has 22 heavy (non-hydrogen) atoms. The standard InChI is InChI=1S/C13H7F4N3O2/c14-7-4-6(5-10-11(7)20-22-19-10)8-2-1-3-9(18-8)12(21)13(15,16)17/h1-5,12,21H. The smallest absolute Gasteiger partial charge is 0.378 e. The number of fused-ring (bicyclic) bond motifs is 1. The molecular weight excluding hydrogens is 306 g/mol. The molecule has 1 N–H and O–H groups in total. The van der Waals surface area contributed by atoms with Crippen molar-refractivity contribution < 1.29 is 27.3 Å². The maximum atomic E-state index is 13.8. The van der Waals surface area contributed by atoms with Crippen LogP contribution in [0, 0.1) is 5.82 Å². The summed E-state index contributed by atoms with van der Waals surface area (Å²) in [5, 5.41) is 16.1. The van der Waals surface area contributed by atoms with Gasteiger partial charge in [-0.1, -0.05) is 6.07 Å². The number of benzene rings is 1. The van der Waals surface area contributed by atoms with Gasteiger partial charge in [0.1, 0.15) is 5.52 Å². The Labute approximate surface area is 120 Å². The topological polar surface area (TPSA) is 72.0 Å². The van der Waals surface area contributed by atoms with Crippen molar-refractivity contribution in [2.45, 2.75) is 12.3 Å². The fraction of sp³-hybridized carbons (Fsp3) is 0.154. The molecule has 1 atom stereocenters. The molecule has 0 amide bonds. The molecule has 0 bridgehead atoms. The summed E-state index contributed by atoms with van der Waals surface area (Å²) in [6.45, 7) is 0. The zero-order chi connectivity index (χ0) is 15.9. The zero-order valence-electron chi connectivity index (χ0n) is 10.7. The van der Waals surface area contributed by atoms with Gasteiger partial charge in [-0.3, -0.25) is 0 Å². The van der Waals surface area contributed by atoms with Crippen LogP contribution in [0.15, 0.2) is 35.0 Å². The van der Waals surface area contributed by atoms with Gasteiger partial charge < -0.3 is 5.11 Å². The number of alkyl halides is 3. The van der Waals surface area contributed by atoms with Crippen LogP contribution in [0.1, 0.15) is 11.8 Å². The lowest BCUT2D eigenvalue weighted by Gasteiger charge is -2.14. The van der Waals surface area contributed by atoms with Gasteiger partial charge >= 0.3 is 6.18 Å². The molecular formula is C13H7F4N3O2. The third-order valence-electron chi connectivity index (χ3n) is 2.97. The number of aliphatic hydroxyl groups is 1. The number of aromatic nitrogens is 3. The van der Waals surface area contributed by atoms with E-state index in [1.54, 1.807) is 0 Å². The Morgan fingerprint density at radius 2 is 1.91 bits per heavy atom. The number of hydrogen-bond donors (Lipinski definition) is 1. The minimum atomic E-state index is -4.84. The predicted octanol–water partition coefficient (Wildman–Crippen LogP) is 3.02. The minimum absolute atomic E-state index is 0.0598. The highest BCUT2D eigenvalue weighted by Crippen LogP contribution is 2.32. The summed E-state index contributed by atoms with van der Waals surface area (Å²) in [4.78, 5) is 3.73. The second-order valence-corrected chi connectivity index (χ2v) is 4.48. The van der Waals surface area contributed by atoms with Crippen LogP contribution < -0.4 is 0 Å². The fourth-order valence-electron chi connectivity index (χ4n) is 1.93. The van der Waals surface area contributed by atoms with Crippen LogP contribution in [-0.2, 0) is 0 Å². The van der Waals surface area contributed by atoms with Gasteiger partial charge in [-0.2, -0.15) is 13.2 Å². The summed E-state index contributed by atoms with van der Waals surface area (Å²) in [6.07, 6.45) is -7.55. The Balaban J connectivity index is 2.07. The van der Waals surface area contributed by atoms with Crippen LogP contribution in [0.5, 0.6) is 0 Å². The van der Waals surface area contributed by atoms with Crippen molar-refractivity contribution in [2.75, 3.05) is 0 Å². The highest BCUT2D eigenvalue weighted by Gasteiger charge is 2.40. The Kier molecular flexibility index (Phi) is 3.28. The zero-order valence-corrected chi connectivity index (χ0v) is 10.7. The van der Waals surface area contributed by atoms with E-state index in [4.69, 9.17) is 0 Å². The number of aliphatic hydroxyl groups excluding tert-OH is 1. The monoisotopic (exact) mass is 313 g/mol. The van der Waals surface area contributed by atoms with E-state index in [1.165, 1.54) is 18.2 Å². The second-order valence-electron chi connectivity index (χ2n) is 4.48. The highest BCUT2D eigenvalue weighted by molar-refractivity contribution is 5.80. The molecule has 3 rings (SSSR count). The molecule has 2 heterocycles. The predicted molar refractivity (Wildman–Crippen MR) is 66.0 cm³/mol. The lowest BCUT2D eigenvalue weighted by Crippen LogP contribution is -2.21. The van der Waals surface area contributed by atoms with Crippen LogP contribution in [0.2, 0.25) is 0 Å². The van der Waals surface area contributed by atoms with Gasteiger partial charge in [0, 0.05) is 5.56 Å². The first-order valence-corrected chi connectivity index (χ1v) is 6.00. The first kappa shape index (κ1) is 14.4. The van der Waals surface area contributed by atoms with Crippen molar-refractivity contribution in [1.29, 1.82) is 0 Å². The molecule has 5 nitrogen and oxygen atoms in total. The summed E-state index contributed by atoms with van der Waals surface area (Å²) in [5.41, 5.74) is -0.306. The maximum Gasteiger partial charge on any atom is 0.420 e. The molecule has 114 valence electrons. The molecule has 0 fully saturated rings. The molecule has 0 saturated heterocycles. The average molecular weight is 313 g/mol. The molecule has 1 unspecified atom stereocenters. The molecule has 0 aliphatic heterocycles. The van der Waals surface area contributed by atoms with Gasteiger partial charge in [0.2, 0.25) is 0 Å². The Morgan fingerprint density at radius 3 is 2.64 bits per heavy atom. The molecule has 0 aliphatic carbocycles. The van der Waals surface area contributed by atoms with Crippen molar-refractivity contribution in [3.8, 4) is 11.3 Å². The van der Waals surface area contributed by atoms with Gasteiger partial charge in [0.25, 0.3) is 0 Å². The van der Waals surface area contributed by atoms with Crippen LogP contribution >= 0.6 is 0 Å². The lowest BCUT2D eigenvalue weighted by atomic mass is 10.1. The first-order chi connectivity index (χ1) is 10.4. The summed E-state index contributed by atoms with van der Waals surface area (Å²) < 4.78 is 55.7. The Bertz CT molecular complexity index is 832. The van der Waals surface area contributed by atoms with Crippen LogP contribution in [0.3, 0.4) is 0 Å². The molecule has 3 aromatic rings. The molecule has 0 aliphatic rings. The van der Waals surface area contributed by atoms with E-state index in [-0.39, 0.29) is 22.3 Å². The van der Waals surface area contributed by atoms with E-state index < -0.39 is 23.8 Å². The van der Waals surface area contributed by atoms with Crippen molar-refractivity contribution in [2.24, 2.45) is 0 Å². The van der Waals surface area contributed by atoms with Crippen LogP contribution in [-0.4, -0.2) is 26.6 Å². The molecule has 0 saturated carbocycles. The Hall–Kier alpha value is -2.55. The van der Waals surface area contributed by atoms with Crippen molar-refractivity contribution in [1.82, 2.24) is 15.3 Å². The van der Waals surface area contributed by atoms with Crippen LogP contribution in [0.25, 0.3) is 22.3 Å². The van der Waals surface area contributed by atoms with E-state index in [0.29, 0.717) is 0 Å². The summed E-state index contributed by atoms with van der Waals surface area (Å²) in [7, 11) is 0. The summed E-state index contributed by atoms with van der Waals surface area (Å²) in [6, 6.07) is 6.14. The van der Waals surface area contributed by atoms with Gasteiger partial charge in [-0.15, -0.1) is 0 Å². The highest BCUT2D eigenvalue weighted by atomic mass is 19.4. The van der Waals surface area contributed by atoms with E-state index in [9.17, 15) is 22.7 Å². The molecule has 0 spiro atoms. The van der Waals surface area contributed by atoms with Crippen molar-refractivity contribution in [3.63, 3.8) is 0 Å². The molecule has 2 aromatic heterocycles. The number of nitrogens with zero attached hydrogens (tertiary/aromatic N) is 3. The minimum Gasteiger partial charge on any atom is -0.378 e. The third-order valence-corrected chi connectivity index (χ3v) is 2.97. The number of halogens is 4. The summed E-state index contributed by atoms with van der Waals surface area (Å²) >= 11 is 0. The number of rotatable bonds is 2. The van der Waals surface area contributed by atoms with Gasteiger partial charge in [0.15, 0.2) is 17.4 Å². The van der Waals surface area contributed by atoms with Crippen molar-refractivity contribution >= 4 is 11.0 Å². The van der Waals surface area contributed by atoms with E-state index in [2.05, 4.69) is 19.9 Å². The van der Waals surface area contributed by atoms with Gasteiger partial charge in [-0.05, 0) is 34.6 Å². The lowest BCUT2D eigenvalue weighted by molar-refractivity contribution is -0.207. The summed E-state index contributed by atoms with van der Waals surface area (Å²) in [5.74, 6) is -0.739. The molecule has 0 radical (unpaired) electrons. The van der Waals surface area contributed by atoms with E-state index >= 15 is 0 Å². The largest absolute Gasteiger partial charge is 0.420 e. The quantitative estimate of drug-likeness (QED) is 0.736. The molecule has 9 heteroatoms. The third kappa shape index (κ3) is 2.50. The fourth-order valence-corrected chi connectivity index (χ4v) is 1.93.